The smallest absolute Gasteiger partial charge is 0.398 e. The number of alkyl halides is 3. The second kappa shape index (κ2) is 9.99. The van der Waals surface area contributed by atoms with Gasteiger partial charge in [0, 0.05) is 25.3 Å². The van der Waals surface area contributed by atoms with Crippen molar-refractivity contribution in [1.82, 2.24) is 9.80 Å². The number of nitrogen functional groups attached to an aromatic ring is 1. The standard InChI is InChI=1S/C24H26F3N3O2/c1-2-12-29(15-11-17-9-10-21(28)20(16-17)24(25,26)27)13-5-6-14-30-22(31)18-7-3-4-8-19(18)23(30)32/h3-10,16H,2,11-15,28H2,1H3. The summed E-state index contributed by atoms with van der Waals surface area (Å²) in [5.74, 6) is -0.603. The molecule has 0 spiro atoms. The van der Waals surface area contributed by atoms with Gasteiger partial charge in [0.2, 0.25) is 0 Å². The summed E-state index contributed by atoms with van der Waals surface area (Å²) in [6, 6.07) is 10.8. The Balaban J connectivity index is 1.56. The minimum Gasteiger partial charge on any atom is -0.398 e. The van der Waals surface area contributed by atoms with Crippen LogP contribution in [0.3, 0.4) is 0 Å². The van der Waals surface area contributed by atoms with Crippen molar-refractivity contribution in [2.45, 2.75) is 25.9 Å². The Morgan fingerprint density at radius 3 is 2.25 bits per heavy atom. The fraction of sp³-hybridized carbons (Fsp3) is 0.333. The molecule has 0 saturated carbocycles. The highest BCUT2D eigenvalue weighted by atomic mass is 19.4. The van der Waals surface area contributed by atoms with E-state index in [1.54, 1.807) is 36.4 Å². The molecule has 3 rings (SSSR count). The van der Waals surface area contributed by atoms with Gasteiger partial charge in [-0.15, -0.1) is 0 Å². The minimum atomic E-state index is -4.48. The van der Waals surface area contributed by atoms with Gasteiger partial charge < -0.3 is 5.73 Å². The molecule has 2 N–H and O–H groups in total. The average molecular weight is 445 g/mol. The second-order valence-electron chi connectivity index (χ2n) is 7.71. The van der Waals surface area contributed by atoms with Crippen LogP contribution in [-0.4, -0.2) is 47.8 Å². The fourth-order valence-corrected chi connectivity index (χ4v) is 3.71. The Labute approximate surface area is 185 Å². The van der Waals surface area contributed by atoms with Gasteiger partial charge in [-0.05, 0) is 49.2 Å². The van der Waals surface area contributed by atoms with Gasteiger partial charge >= 0.3 is 6.18 Å². The first-order valence-electron chi connectivity index (χ1n) is 10.5. The van der Waals surface area contributed by atoms with Crippen molar-refractivity contribution in [1.29, 1.82) is 0 Å². The Morgan fingerprint density at radius 1 is 1.00 bits per heavy atom. The van der Waals surface area contributed by atoms with Crippen LogP contribution in [0.25, 0.3) is 0 Å². The molecule has 1 aliphatic rings. The zero-order valence-corrected chi connectivity index (χ0v) is 17.9. The number of carbonyl (C=O) groups is 2. The molecule has 8 heteroatoms. The van der Waals surface area contributed by atoms with Crippen LogP contribution in [0.15, 0.2) is 54.6 Å². The number of carbonyl (C=O) groups excluding carboxylic acids is 2. The highest BCUT2D eigenvalue weighted by Crippen LogP contribution is 2.34. The van der Waals surface area contributed by atoms with Gasteiger partial charge in [-0.3, -0.25) is 19.4 Å². The van der Waals surface area contributed by atoms with Crippen molar-refractivity contribution >= 4 is 17.5 Å². The van der Waals surface area contributed by atoms with Crippen molar-refractivity contribution in [2.24, 2.45) is 0 Å². The van der Waals surface area contributed by atoms with Crippen molar-refractivity contribution in [3.8, 4) is 0 Å². The Kier molecular flexibility index (Phi) is 7.35. The summed E-state index contributed by atoms with van der Waals surface area (Å²) in [7, 11) is 0. The first-order valence-corrected chi connectivity index (χ1v) is 10.5. The van der Waals surface area contributed by atoms with Gasteiger partial charge in [-0.25, -0.2) is 0 Å². The summed E-state index contributed by atoms with van der Waals surface area (Å²) in [6.45, 7) is 4.13. The Morgan fingerprint density at radius 2 is 1.66 bits per heavy atom. The number of fused-ring (bicyclic) bond motifs is 1. The molecule has 0 aromatic heterocycles. The molecule has 32 heavy (non-hydrogen) atoms. The first kappa shape index (κ1) is 23.5. The predicted molar refractivity (Wildman–Crippen MR) is 117 cm³/mol. The van der Waals surface area contributed by atoms with E-state index < -0.39 is 11.7 Å². The number of rotatable bonds is 9. The second-order valence-corrected chi connectivity index (χ2v) is 7.71. The molecule has 5 nitrogen and oxygen atoms in total. The zero-order chi connectivity index (χ0) is 23.3. The van der Waals surface area contributed by atoms with Crippen LogP contribution < -0.4 is 5.73 Å². The normalized spacial score (nSPS) is 14.1. The van der Waals surface area contributed by atoms with Crippen LogP contribution in [0.5, 0.6) is 0 Å². The molecule has 2 aromatic carbocycles. The average Bonchev–Trinajstić information content (AvgIpc) is 3.00. The number of nitrogens with zero attached hydrogens (tertiary/aromatic N) is 2. The number of hydrogen-bond donors (Lipinski definition) is 1. The lowest BCUT2D eigenvalue weighted by Crippen LogP contribution is -2.30. The number of benzene rings is 2. The summed E-state index contributed by atoms with van der Waals surface area (Å²) < 4.78 is 39.2. The molecular weight excluding hydrogens is 419 g/mol. The quantitative estimate of drug-likeness (QED) is 0.353. The molecule has 0 radical (unpaired) electrons. The predicted octanol–water partition coefficient (Wildman–Crippen LogP) is 4.39. The molecule has 0 aliphatic carbocycles. The third-order valence-electron chi connectivity index (χ3n) is 5.38. The molecule has 2 aromatic rings. The van der Waals surface area contributed by atoms with Gasteiger partial charge in [0.25, 0.3) is 11.8 Å². The van der Waals surface area contributed by atoms with Crippen LogP contribution in [0.1, 0.15) is 45.2 Å². The van der Waals surface area contributed by atoms with Crippen LogP contribution in [0.4, 0.5) is 18.9 Å². The SMILES string of the molecule is CCCN(CC=CCN1C(=O)c2ccccc2C1=O)CCc1ccc(N)c(C(F)(F)F)c1. The maximum absolute atomic E-state index is 13.1. The number of nitrogens with two attached hydrogens (primary N) is 1. The van der Waals surface area contributed by atoms with Crippen molar-refractivity contribution in [2.75, 3.05) is 31.9 Å². The zero-order valence-electron chi connectivity index (χ0n) is 17.9. The monoisotopic (exact) mass is 445 g/mol. The lowest BCUT2D eigenvalue weighted by atomic mass is 10.1. The van der Waals surface area contributed by atoms with Gasteiger partial charge in [0.05, 0.1) is 16.7 Å². The third kappa shape index (κ3) is 5.37. The van der Waals surface area contributed by atoms with Crippen molar-refractivity contribution in [3.05, 3.63) is 76.9 Å². The molecule has 0 atom stereocenters. The van der Waals surface area contributed by atoms with Gasteiger partial charge in [0.1, 0.15) is 0 Å². The number of halogens is 3. The van der Waals surface area contributed by atoms with E-state index in [0.717, 1.165) is 19.0 Å². The molecule has 1 heterocycles. The van der Waals surface area contributed by atoms with Crippen molar-refractivity contribution < 1.29 is 22.8 Å². The van der Waals surface area contributed by atoms with Crippen molar-refractivity contribution in [3.63, 3.8) is 0 Å². The fourth-order valence-electron chi connectivity index (χ4n) is 3.71. The number of anilines is 1. The van der Waals surface area contributed by atoms with E-state index in [1.807, 2.05) is 13.0 Å². The lowest BCUT2D eigenvalue weighted by molar-refractivity contribution is -0.137. The highest BCUT2D eigenvalue weighted by Gasteiger charge is 2.34. The molecule has 0 unspecified atom stereocenters. The summed E-state index contributed by atoms with van der Waals surface area (Å²) in [6.07, 6.45) is 0.520. The molecule has 170 valence electrons. The lowest BCUT2D eigenvalue weighted by Gasteiger charge is -2.20. The first-order chi connectivity index (χ1) is 15.2. The highest BCUT2D eigenvalue weighted by molar-refractivity contribution is 6.21. The summed E-state index contributed by atoms with van der Waals surface area (Å²) in [5, 5.41) is 0. The number of amides is 2. The summed E-state index contributed by atoms with van der Waals surface area (Å²) in [5.41, 5.74) is 5.79. The molecule has 0 fully saturated rings. The summed E-state index contributed by atoms with van der Waals surface area (Å²) >= 11 is 0. The molecule has 1 aliphatic heterocycles. The maximum atomic E-state index is 13.1. The molecule has 2 amide bonds. The van der Waals surface area contributed by atoms with Gasteiger partial charge in [-0.2, -0.15) is 13.2 Å². The van der Waals surface area contributed by atoms with E-state index in [0.29, 0.717) is 36.2 Å². The summed E-state index contributed by atoms with van der Waals surface area (Å²) in [4.78, 5) is 28.1. The van der Waals surface area contributed by atoms with E-state index >= 15 is 0 Å². The van der Waals surface area contributed by atoms with Crippen LogP contribution in [0, 0.1) is 0 Å². The largest absolute Gasteiger partial charge is 0.418 e. The van der Waals surface area contributed by atoms with Crippen LogP contribution in [0.2, 0.25) is 0 Å². The third-order valence-corrected chi connectivity index (χ3v) is 5.38. The number of imide groups is 1. The van der Waals surface area contributed by atoms with E-state index in [-0.39, 0.29) is 24.0 Å². The van der Waals surface area contributed by atoms with E-state index in [4.69, 9.17) is 5.73 Å². The number of hydrogen-bond acceptors (Lipinski definition) is 4. The van der Waals surface area contributed by atoms with Crippen LogP contribution >= 0.6 is 0 Å². The minimum absolute atomic E-state index is 0.180. The van der Waals surface area contributed by atoms with E-state index in [9.17, 15) is 22.8 Å². The Bertz CT molecular complexity index is 983. The van der Waals surface area contributed by atoms with E-state index in [2.05, 4.69) is 4.90 Å². The Hall–Kier alpha value is -3.13. The van der Waals surface area contributed by atoms with E-state index in [1.165, 1.54) is 11.0 Å². The molecule has 0 bridgehead atoms. The van der Waals surface area contributed by atoms with Gasteiger partial charge in [0.15, 0.2) is 0 Å². The molecular formula is C24H26F3N3O2. The van der Waals surface area contributed by atoms with Gasteiger partial charge in [-0.1, -0.05) is 37.3 Å². The maximum Gasteiger partial charge on any atom is 0.418 e. The molecule has 0 saturated heterocycles. The van der Waals surface area contributed by atoms with Crippen LogP contribution in [-0.2, 0) is 12.6 Å². The topological polar surface area (TPSA) is 66.6 Å².